The first-order valence-electron chi connectivity index (χ1n) is 13.0. The maximum atomic E-state index is 6.86. The zero-order valence-corrected chi connectivity index (χ0v) is 24.7. The third kappa shape index (κ3) is 13.6. The molecule has 0 unspecified atom stereocenters. The minimum atomic E-state index is 0. The number of nitrogens with two attached hydrogens (primary N) is 1. The lowest BCUT2D eigenvalue weighted by atomic mass is 10.1. The van der Waals surface area contributed by atoms with Crippen LogP contribution in [0.15, 0.2) is 66.9 Å². The van der Waals surface area contributed by atoms with E-state index in [2.05, 4.69) is 141 Å². The number of nitrogen functional groups attached to an aromatic ring is 1. The van der Waals surface area contributed by atoms with E-state index in [9.17, 15) is 0 Å². The molecule has 0 aliphatic heterocycles. The van der Waals surface area contributed by atoms with Crippen LogP contribution in [0.4, 0.5) is 5.69 Å². The van der Waals surface area contributed by atoms with Gasteiger partial charge in [-0.2, -0.15) is 0 Å². The SMILES string of the molecule is CC#CC#CC#CC#CC#CC#CC#CC#CC#CC.Nc1ccc(C#Cc2ccc3ccc4cccnc4c3n2)cc1.[HH].[HH].[HH].[N-]=[N+]=N. The van der Waals surface area contributed by atoms with Crippen LogP contribution < -0.4 is 5.73 Å². The number of pyridine rings is 2. The fraction of sp³-hybridized carbons (Fsp3) is 0.0500. The smallest absolute Gasteiger partial charge is 0.114 e. The molecule has 0 spiro atoms. The summed E-state index contributed by atoms with van der Waals surface area (Å²) < 4.78 is 0. The number of hydrogen-bond donors (Lipinski definition) is 2. The number of nitrogens with one attached hydrogen (secondary N) is 1. The van der Waals surface area contributed by atoms with Gasteiger partial charge >= 0.3 is 0 Å². The summed E-state index contributed by atoms with van der Waals surface area (Å²) in [5, 5.41) is 2.14. The number of anilines is 1. The largest absolute Gasteiger partial charge is 0.399 e. The van der Waals surface area contributed by atoms with E-state index < -0.39 is 0 Å². The third-order valence-electron chi connectivity index (χ3n) is 4.87. The lowest BCUT2D eigenvalue weighted by Crippen LogP contribution is -1.88. The normalized spacial score (nSPS) is 7.09. The highest BCUT2D eigenvalue weighted by atomic mass is 15.0. The van der Waals surface area contributed by atoms with Crippen molar-refractivity contribution in [3.8, 4) is 118 Å². The molecule has 216 valence electrons. The van der Waals surface area contributed by atoms with Crippen LogP contribution in [0.5, 0.6) is 0 Å². The fourth-order valence-corrected chi connectivity index (χ4v) is 3.06. The Morgan fingerprint density at radius 2 is 1.04 bits per heavy atom. The van der Waals surface area contributed by atoms with Gasteiger partial charge in [-0.15, -0.1) is 5.53 Å². The second-order valence-corrected chi connectivity index (χ2v) is 7.88. The van der Waals surface area contributed by atoms with E-state index in [0.717, 1.165) is 38.8 Å². The number of nitrogens with zero attached hydrogens (tertiary/aromatic N) is 4. The Morgan fingerprint density at radius 3 is 1.52 bits per heavy atom. The Bertz CT molecular complexity index is 2360. The van der Waals surface area contributed by atoms with Gasteiger partial charge in [-0.3, -0.25) is 4.98 Å². The number of hydrogen-bond acceptors (Lipinski definition) is 4. The number of rotatable bonds is 0. The summed E-state index contributed by atoms with van der Waals surface area (Å²) in [7, 11) is 0. The van der Waals surface area contributed by atoms with Crippen molar-refractivity contribution in [3.05, 3.63) is 88.6 Å². The van der Waals surface area contributed by atoms with Gasteiger partial charge in [0.05, 0.1) is 11.0 Å². The minimum absolute atomic E-state index is 0. The average Bonchev–Trinajstić information content (AvgIpc) is 3.08. The molecule has 0 aliphatic carbocycles. The molecule has 6 heteroatoms. The van der Waals surface area contributed by atoms with Crippen molar-refractivity contribution in [3.63, 3.8) is 0 Å². The second kappa shape index (κ2) is 21.7. The van der Waals surface area contributed by atoms with Gasteiger partial charge in [0.1, 0.15) is 5.69 Å². The van der Waals surface area contributed by atoms with Crippen molar-refractivity contribution in [2.45, 2.75) is 13.8 Å². The highest BCUT2D eigenvalue weighted by Gasteiger charge is 2.03. The predicted molar refractivity (Wildman–Crippen MR) is 191 cm³/mol. The van der Waals surface area contributed by atoms with Crippen molar-refractivity contribution in [1.82, 2.24) is 9.97 Å². The summed E-state index contributed by atoms with van der Waals surface area (Å²) in [6, 6.07) is 19.5. The van der Waals surface area contributed by atoms with Crippen LogP contribution in [-0.2, 0) is 0 Å². The zero-order chi connectivity index (χ0) is 33.1. The third-order valence-corrected chi connectivity index (χ3v) is 4.87. The van der Waals surface area contributed by atoms with Gasteiger partial charge in [0.15, 0.2) is 0 Å². The van der Waals surface area contributed by atoms with Crippen molar-refractivity contribution in [1.29, 1.82) is 5.53 Å². The quantitative estimate of drug-likeness (QED) is 0.0614. The Balaban J connectivity index is 0. The molecule has 2 aromatic heterocycles. The van der Waals surface area contributed by atoms with Crippen molar-refractivity contribution in [2.75, 3.05) is 5.73 Å². The highest BCUT2D eigenvalue weighted by molar-refractivity contribution is 6.02. The minimum Gasteiger partial charge on any atom is -0.399 e. The molecule has 0 atom stereocenters. The molecule has 4 rings (SSSR count). The highest BCUT2D eigenvalue weighted by Crippen LogP contribution is 2.21. The maximum absolute atomic E-state index is 6.86. The summed E-state index contributed by atoms with van der Waals surface area (Å²) in [4.78, 5) is 10.9. The average molecular weight is 591 g/mol. The molecule has 6 nitrogen and oxygen atoms in total. The van der Waals surface area contributed by atoms with E-state index in [1.165, 1.54) is 0 Å². The van der Waals surface area contributed by atoms with E-state index in [4.69, 9.17) is 16.8 Å². The van der Waals surface area contributed by atoms with E-state index in [0.29, 0.717) is 0 Å². The van der Waals surface area contributed by atoms with Crippen LogP contribution in [-0.4, -0.2) is 9.97 Å². The molecule has 0 aliphatic rings. The molecule has 0 bridgehead atoms. The van der Waals surface area contributed by atoms with Gasteiger partial charge in [0.25, 0.3) is 0 Å². The van der Waals surface area contributed by atoms with Crippen molar-refractivity contribution >= 4 is 27.5 Å². The zero-order valence-electron chi connectivity index (χ0n) is 24.7. The summed E-state index contributed by atoms with van der Waals surface area (Å²) in [6.45, 7) is 3.41. The van der Waals surface area contributed by atoms with E-state index in [1.807, 2.05) is 48.5 Å². The molecule has 0 amide bonds. The van der Waals surface area contributed by atoms with Crippen LogP contribution in [0.2, 0.25) is 0 Å². The lowest BCUT2D eigenvalue weighted by molar-refractivity contribution is 1.34. The molecule has 46 heavy (non-hydrogen) atoms. The van der Waals surface area contributed by atoms with Gasteiger partial charge < -0.3 is 5.73 Å². The molecular weight excluding hydrogens is 564 g/mol. The molecule has 0 radical (unpaired) electrons. The molecule has 3 N–H and O–H groups in total. The molecule has 0 saturated carbocycles. The standard InChI is InChI=1S/C20H13N3.C20H6.HN3.3H2/c21-17-9-3-14(4-10-17)5-11-18-12-8-16-7-6-15-2-1-13-22-19(15)20(16)23-18;1-3-5-7-9-11-13-15-17-19-20-18-16-14-12-10-8-6-4-2;1-3-2;;;/h1-4,6-10,12-13H,21H2;1-2H3;1H;3*1H. The molecule has 2 aromatic carbocycles. The van der Waals surface area contributed by atoms with Crippen LogP contribution in [0.1, 0.15) is 29.4 Å². The Morgan fingerprint density at radius 1 is 0.609 bits per heavy atom. The molecule has 2 heterocycles. The van der Waals surface area contributed by atoms with Gasteiger partial charge in [-0.05, 0) is 167 Å². The molecule has 0 saturated heterocycles. The number of aromatic nitrogens is 2. The maximum Gasteiger partial charge on any atom is 0.114 e. The lowest BCUT2D eigenvalue weighted by Gasteiger charge is -2.02. The van der Waals surface area contributed by atoms with E-state index in [-0.39, 0.29) is 4.28 Å². The number of benzene rings is 2. The Kier molecular flexibility index (Phi) is 16.1. The summed E-state index contributed by atoms with van der Waals surface area (Å²) in [6.07, 6.45) is 1.79. The van der Waals surface area contributed by atoms with Crippen LogP contribution >= 0.6 is 0 Å². The fourth-order valence-electron chi connectivity index (χ4n) is 3.06. The van der Waals surface area contributed by atoms with Crippen molar-refractivity contribution < 1.29 is 4.28 Å². The summed E-state index contributed by atoms with van der Waals surface area (Å²) in [5.74, 6) is 51.8. The number of fused-ring (bicyclic) bond motifs is 3. The first kappa shape index (κ1) is 34.2. The van der Waals surface area contributed by atoms with E-state index in [1.54, 1.807) is 25.0 Å². The van der Waals surface area contributed by atoms with Crippen LogP contribution in [0.3, 0.4) is 0 Å². The van der Waals surface area contributed by atoms with Crippen LogP contribution in [0.25, 0.3) is 32.2 Å². The first-order valence-corrected chi connectivity index (χ1v) is 13.0. The summed E-state index contributed by atoms with van der Waals surface area (Å²) in [5.41, 5.74) is 22.1. The predicted octanol–water partition coefficient (Wildman–Crippen LogP) is 6.44. The first-order chi connectivity index (χ1) is 22.6. The van der Waals surface area contributed by atoms with Gasteiger partial charge in [0, 0.05) is 32.5 Å². The van der Waals surface area contributed by atoms with Gasteiger partial charge in [-0.1, -0.05) is 36.0 Å². The Hall–Kier alpha value is -8.03. The molecule has 0 fully saturated rings. The summed E-state index contributed by atoms with van der Waals surface area (Å²) >= 11 is 0. The van der Waals surface area contributed by atoms with Crippen LogP contribution in [0, 0.1) is 124 Å². The molecular formula is C40H26N6. The Labute approximate surface area is 273 Å². The van der Waals surface area contributed by atoms with E-state index >= 15 is 0 Å². The van der Waals surface area contributed by atoms with Gasteiger partial charge in [-0.25, -0.2) is 4.98 Å². The molecule has 4 aromatic rings. The topological polar surface area (TPSA) is 112 Å². The van der Waals surface area contributed by atoms with Crippen molar-refractivity contribution in [2.24, 2.45) is 0 Å². The monoisotopic (exact) mass is 590 g/mol. The second-order valence-electron chi connectivity index (χ2n) is 7.88. The van der Waals surface area contributed by atoms with Gasteiger partial charge in [0.2, 0.25) is 0 Å².